The normalized spacial score (nSPS) is 14.3. The van der Waals surface area contributed by atoms with Crippen molar-refractivity contribution in [1.82, 2.24) is 14.7 Å². The molecule has 2 heterocycles. The minimum atomic E-state index is -4.60. The SMILES string of the molecule is Cc1c(ONS(=O)(=O)c2ccccc2)ccc(C(F)(F)F)c1-c1cc2n(n1)CCCC2. The molecule has 0 radical (unpaired) electrons. The second kappa shape index (κ2) is 8.01. The Morgan fingerprint density at radius 2 is 1.84 bits per heavy atom. The van der Waals surface area contributed by atoms with E-state index in [1.807, 2.05) is 4.89 Å². The van der Waals surface area contributed by atoms with Gasteiger partial charge >= 0.3 is 6.18 Å². The zero-order chi connectivity index (χ0) is 22.2. The van der Waals surface area contributed by atoms with Gasteiger partial charge in [0.1, 0.15) is 0 Å². The van der Waals surface area contributed by atoms with Gasteiger partial charge in [0.25, 0.3) is 10.0 Å². The van der Waals surface area contributed by atoms with E-state index >= 15 is 0 Å². The summed E-state index contributed by atoms with van der Waals surface area (Å²) in [4.78, 5) is 7.21. The van der Waals surface area contributed by atoms with E-state index < -0.39 is 21.8 Å². The monoisotopic (exact) mass is 451 g/mol. The second-order valence-electron chi connectivity index (χ2n) is 7.31. The summed E-state index contributed by atoms with van der Waals surface area (Å²) in [6, 6.07) is 11.2. The molecule has 2 aromatic carbocycles. The van der Waals surface area contributed by atoms with Crippen LogP contribution >= 0.6 is 0 Å². The van der Waals surface area contributed by atoms with Crippen LogP contribution in [0.5, 0.6) is 5.75 Å². The van der Waals surface area contributed by atoms with E-state index in [4.69, 9.17) is 4.84 Å². The maximum atomic E-state index is 13.7. The Bertz CT molecular complexity index is 1180. The Balaban J connectivity index is 1.72. The summed E-state index contributed by atoms with van der Waals surface area (Å²) >= 11 is 0. The molecular weight excluding hydrogens is 431 g/mol. The highest BCUT2D eigenvalue weighted by Crippen LogP contribution is 2.42. The van der Waals surface area contributed by atoms with Crippen LogP contribution in [0.15, 0.2) is 53.4 Å². The number of nitrogens with one attached hydrogen (secondary N) is 1. The van der Waals surface area contributed by atoms with Crippen molar-refractivity contribution >= 4 is 10.0 Å². The van der Waals surface area contributed by atoms with Crippen molar-refractivity contribution in [3.63, 3.8) is 0 Å². The molecular formula is C21H20F3N3O3S. The molecule has 1 aliphatic heterocycles. The van der Waals surface area contributed by atoms with Crippen LogP contribution in [0.1, 0.15) is 29.7 Å². The van der Waals surface area contributed by atoms with Gasteiger partial charge in [-0.2, -0.15) is 18.3 Å². The molecule has 6 nitrogen and oxygen atoms in total. The molecule has 0 spiro atoms. The first-order chi connectivity index (χ1) is 14.7. The summed E-state index contributed by atoms with van der Waals surface area (Å²) in [5, 5.41) is 4.38. The van der Waals surface area contributed by atoms with Gasteiger partial charge in [-0.1, -0.05) is 18.2 Å². The fourth-order valence-electron chi connectivity index (χ4n) is 3.66. The van der Waals surface area contributed by atoms with Crippen LogP contribution in [-0.4, -0.2) is 18.2 Å². The molecule has 10 heteroatoms. The summed E-state index contributed by atoms with van der Waals surface area (Å²) in [7, 11) is -4.01. The van der Waals surface area contributed by atoms with Crippen LogP contribution in [0.25, 0.3) is 11.3 Å². The van der Waals surface area contributed by atoms with Crippen molar-refractivity contribution in [2.45, 2.75) is 43.8 Å². The van der Waals surface area contributed by atoms with Crippen molar-refractivity contribution in [3.05, 3.63) is 65.4 Å². The highest BCUT2D eigenvalue weighted by molar-refractivity contribution is 7.89. The lowest BCUT2D eigenvalue weighted by molar-refractivity contribution is -0.137. The number of fused-ring (bicyclic) bond motifs is 1. The van der Waals surface area contributed by atoms with Gasteiger partial charge in [-0.3, -0.25) is 4.68 Å². The first kappa shape index (κ1) is 21.4. The number of nitrogens with zero attached hydrogens (tertiary/aromatic N) is 2. The van der Waals surface area contributed by atoms with E-state index in [1.165, 1.54) is 19.1 Å². The lowest BCUT2D eigenvalue weighted by atomic mass is 9.97. The molecule has 0 saturated carbocycles. The Kier molecular flexibility index (Phi) is 5.52. The lowest BCUT2D eigenvalue weighted by Crippen LogP contribution is -2.27. The first-order valence-electron chi connectivity index (χ1n) is 9.68. The maximum absolute atomic E-state index is 13.7. The molecule has 1 N–H and O–H groups in total. The third-order valence-corrected chi connectivity index (χ3v) is 6.40. The summed E-state index contributed by atoms with van der Waals surface area (Å²) < 4.78 is 67.7. The van der Waals surface area contributed by atoms with Crippen molar-refractivity contribution in [3.8, 4) is 17.0 Å². The predicted octanol–water partition coefficient (Wildman–Crippen LogP) is 4.49. The molecule has 4 rings (SSSR count). The predicted molar refractivity (Wildman–Crippen MR) is 108 cm³/mol. The summed E-state index contributed by atoms with van der Waals surface area (Å²) in [5.74, 6) is -0.0338. The molecule has 0 aliphatic carbocycles. The first-order valence-corrected chi connectivity index (χ1v) is 11.2. The van der Waals surface area contributed by atoms with Gasteiger partial charge in [-0.25, -0.2) is 8.42 Å². The Hall–Kier alpha value is -2.85. The van der Waals surface area contributed by atoms with Crippen LogP contribution in [0.2, 0.25) is 0 Å². The molecule has 1 aliphatic rings. The molecule has 0 bridgehead atoms. The lowest BCUT2D eigenvalue weighted by Gasteiger charge is -2.17. The van der Waals surface area contributed by atoms with E-state index in [9.17, 15) is 21.6 Å². The molecule has 0 amide bonds. The molecule has 0 unspecified atom stereocenters. The summed E-state index contributed by atoms with van der Waals surface area (Å²) in [5.41, 5.74) is 0.244. The van der Waals surface area contributed by atoms with Gasteiger partial charge in [0.15, 0.2) is 5.75 Å². The Morgan fingerprint density at radius 1 is 1.10 bits per heavy atom. The third-order valence-electron chi connectivity index (χ3n) is 5.21. The molecule has 0 atom stereocenters. The Labute approximate surface area is 177 Å². The van der Waals surface area contributed by atoms with E-state index in [-0.39, 0.29) is 27.5 Å². The van der Waals surface area contributed by atoms with Crippen molar-refractivity contribution < 1.29 is 26.4 Å². The number of aryl methyl sites for hydroxylation is 2. The van der Waals surface area contributed by atoms with E-state index in [2.05, 4.69) is 5.10 Å². The number of sulfonamides is 1. The maximum Gasteiger partial charge on any atom is 0.417 e. The van der Waals surface area contributed by atoms with Crippen LogP contribution in [0.4, 0.5) is 13.2 Å². The standard InChI is InChI=1S/C21H20F3N3O3S/c1-14-19(30-26-31(28,29)16-8-3-2-4-9-16)11-10-17(21(22,23)24)20(14)18-13-15-7-5-6-12-27(15)25-18/h2-4,8-11,13,26H,5-7,12H2,1H3. The molecule has 0 saturated heterocycles. The van der Waals surface area contributed by atoms with Gasteiger partial charge in [-0.15, -0.1) is 0 Å². The second-order valence-corrected chi connectivity index (χ2v) is 8.96. The largest absolute Gasteiger partial charge is 0.417 e. The van der Waals surface area contributed by atoms with Crippen LogP contribution < -0.4 is 9.72 Å². The van der Waals surface area contributed by atoms with Crippen molar-refractivity contribution in [2.75, 3.05) is 0 Å². The minimum Gasteiger partial charge on any atom is -0.393 e. The molecule has 31 heavy (non-hydrogen) atoms. The third kappa shape index (κ3) is 4.31. The topological polar surface area (TPSA) is 73.2 Å². The van der Waals surface area contributed by atoms with Gasteiger partial charge < -0.3 is 4.84 Å². The number of benzene rings is 2. The average molecular weight is 451 g/mol. The molecule has 0 fully saturated rings. The Morgan fingerprint density at radius 3 is 2.52 bits per heavy atom. The molecule has 1 aromatic heterocycles. The number of hydrogen-bond donors (Lipinski definition) is 1. The summed E-state index contributed by atoms with van der Waals surface area (Å²) in [6.45, 7) is 2.11. The average Bonchev–Trinajstić information content (AvgIpc) is 3.16. The van der Waals surface area contributed by atoms with Gasteiger partial charge in [0.2, 0.25) is 0 Å². The summed E-state index contributed by atoms with van der Waals surface area (Å²) in [6.07, 6.45) is -1.98. The smallest absolute Gasteiger partial charge is 0.393 e. The van der Waals surface area contributed by atoms with E-state index in [1.54, 1.807) is 28.9 Å². The number of hydrogen-bond acceptors (Lipinski definition) is 4. The molecule has 3 aromatic rings. The van der Waals surface area contributed by atoms with Crippen molar-refractivity contribution in [1.29, 1.82) is 0 Å². The highest BCUT2D eigenvalue weighted by Gasteiger charge is 2.36. The van der Waals surface area contributed by atoms with E-state index in [0.717, 1.165) is 37.1 Å². The number of halogens is 3. The molecule has 164 valence electrons. The van der Waals surface area contributed by atoms with Crippen molar-refractivity contribution in [2.24, 2.45) is 0 Å². The van der Waals surface area contributed by atoms with E-state index in [0.29, 0.717) is 6.54 Å². The quantitative estimate of drug-likeness (QED) is 0.581. The van der Waals surface area contributed by atoms with Gasteiger partial charge in [0, 0.05) is 23.4 Å². The van der Waals surface area contributed by atoms with Crippen LogP contribution in [-0.2, 0) is 29.2 Å². The minimum absolute atomic E-state index is 0.0263. The fraction of sp³-hybridized carbons (Fsp3) is 0.286. The van der Waals surface area contributed by atoms with Crippen LogP contribution in [0.3, 0.4) is 0 Å². The zero-order valence-corrected chi connectivity index (χ0v) is 17.4. The zero-order valence-electron chi connectivity index (χ0n) is 16.6. The van der Waals surface area contributed by atoms with Gasteiger partial charge in [-0.05, 0) is 61.4 Å². The highest BCUT2D eigenvalue weighted by atomic mass is 32.2. The van der Waals surface area contributed by atoms with Crippen LogP contribution in [0, 0.1) is 6.92 Å². The van der Waals surface area contributed by atoms with Gasteiger partial charge in [0.05, 0.1) is 16.2 Å². The number of alkyl halides is 3. The number of aromatic nitrogens is 2. The number of rotatable bonds is 5. The fourth-order valence-corrected chi connectivity index (χ4v) is 4.47.